The first kappa shape index (κ1) is 28.1. The van der Waals surface area contributed by atoms with Crippen LogP contribution < -0.4 is 20.7 Å². The maximum absolute atomic E-state index is 13.2. The summed E-state index contributed by atoms with van der Waals surface area (Å²) in [5, 5.41) is 8.80. The van der Waals surface area contributed by atoms with Gasteiger partial charge in [-0.25, -0.2) is 0 Å². The van der Waals surface area contributed by atoms with E-state index in [1.807, 2.05) is 30.3 Å². The van der Waals surface area contributed by atoms with Gasteiger partial charge in [0.2, 0.25) is 5.91 Å². The van der Waals surface area contributed by atoms with Crippen LogP contribution in [0.3, 0.4) is 0 Å². The Bertz CT molecular complexity index is 1210. The van der Waals surface area contributed by atoms with Gasteiger partial charge in [0.15, 0.2) is 5.76 Å². The molecule has 2 aromatic carbocycles. The lowest BCUT2D eigenvalue weighted by Crippen LogP contribution is -2.48. The number of halogens is 3. The summed E-state index contributed by atoms with van der Waals surface area (Å²) in [5.41, 5.74) is 2.08. The number of hydrogen-bond acceptors (Lipinski definition) is 5. The number of amides is 2. The van der Waals surface area contributed by atoms with Crippen molar-refractivity contribution in [2.45, 2.75) is 50.9 Å². The van der Waals surface area contributed by atoms with Gasteiger partial charge in [-0.3, -0.25) is 9.59 Å². The highest BCUT2D eigenvalue weighted by molar-refractivity contribution is 6.00. The molecule has 0 unspecified atom stereocenters. The molecule has 1 aromatic heterocycles. The Hall–Kier alpha value is -3.95. The van der Waals surface area contributed by atoms with Crippen LogP contribution in [0.2, 0.25) is 0 Å². The number of hydrogen-bond donors (Lipinski definition) is 3. The zero-order valence-corrected chi connectivity index (χ0v) is 21.4. The summed E-state index contributed by atoms with van der Waals surface area (Å²) < 4.78 is 46.4. The third-order valence-electron chi connectivity index (χ3n) is 6.71. The third-order valence-corrected chi connectivity index (χ3v) is 6.71. The molecule has 1 fully saturated rings. The van der Waals surface area contributed by atoms with E-state index >= 15 is 0 Å². The van der Waals surface area contributed by atoms with Gasteiger partial charge in [0, 0.05) is 24.3 Å². The zero-order valence-electron chi connectivity index (χ0n) is 21.4. The van der Waals surface area contributed by atoms with Crippen molar-refractivity contribution in [3.8, 4) is 16.9 Å². The van der Waals surface area contributed by atoms with E-state index in [1.165, 1.54) is 36.9 Å². The van der Waals surface area contributed by atoms with Gasteiger partial charge in [-0.15, -0.1) is 13.2 Å². The molecule has 1 atom stereocenters. The summed E-state index contributed by atoms with van der Waals surface area (Å²) in [4.78, 5) is 26.4. The molecule has 4 rings (SSSR count). The van der Waals surface area contributed by atoms with Crippen LogP contribution in [-0.4, -0.2) is 37.3 Å². The molecule has 1 aliphatic rings. The lowest BCUT2D eigenvalue weighted by Gasteiger charge is -2.26. The van der Waals surface area contributed by atoms with E-state index in [1.54, 1.807) is 6.07 Å². The summed E-state index contributed by atoms with van der Waals surface area (Å²) in [6.45, 7) is 0.596. The number of carbonyl (C=O) groups is 2. The Balaban J connectivity index is 1.34. The van der Waals surface area contributed by atoms with Crippen LogP contribution in [0.4, 0.5) is 18.9 Å². The highest BCUT2D eigenvalue weighted by Crippen LogP contribution is 2.29. The second-order valence-electron chi connectivity index (χ2n) is 9.59. The summed E-state index contributed by atoms with van der Waals surface area (Å²) in [6, 6.07) is 15.8. The van der Waals surface area contributed by atoms with Crippen molar-refractivity contribution >= 4 is 17.5 Å². The van der Waals surface area contributed by atoms with Crippen molar-refractivity contribution in [1.82, 2.24) is 10.6 Å². The van der Waals surface area contributed by atoms with E-state index in [-0.39, 0.29) is 24.0 Å². The molecule has 3 N–H and O–H groups in total. The maximum Gasteiger partial charge on any atom is 0.573 e. The Labute approximate surface area is 225 Å². The van der Waals surface area contributed by atoms with Crippen LogP contribution in [-0.2, 0) is 4.79 Å². The number of alkyl halides is 3. The highest BCUT2D eigenvalue weighted by atomic mass is 19.4. The standard InChI is InChI=1S/C29H32F3N3O4/c30-29(31,32)39-23-13-11-22(12-14-23)33-16-17-34-27(36)25(19-20-7-3-1-4-8-20)35-28(37)26-24(15-18-38-26)21-9-5-2-6-10-21/h2,5-6,9-15,18,20,25,33H,1,3-4,7-8,16-17,19H2,(H,34,36)(H,35,37)/t25-/m0/s1. The van der Waals surface area contributed by atoms with Crippen LogP contribution in [0.1, 0.15) is 49.1 Å². The fourth-order valence-corrected chi connectivity index (χ4v) is 4.83. The zero-order chi connectivity index (χ0) is 27.7. The molecule has 208 valence electrons. The topological polar surface area (TPSA) is 92.6 Å². The summed E-state index contributed by atoms with van der Waals surface area (Å²) in [7, 11) is 0. The predicted octanol–water partition coefficient (Wildman–Crippen LogP) is 6.14. The lowest BCUT2D eigenvalue weighted by molar-refractivity contribution is -0.274. The van der Waals surface area contributed by atoms with Crippen molar-refractivity contribution in [1.29, 1.82) is 0 Å². The largest absolute Gasteiger partial charge is 0.573 e. The Morgan fingerprint density at radius 2 is 1.67 bits per heavy atom. The van der Waals surface area contributed by atoms with Gasteiger partial charge in [-0.05, 0) is 48.2 Å². The molecule has 1 aliphatic carbocycles. The highest BCUT2D eigenvalue weighted by Gasteiger charge is 2.31. The molecule has 1 heterocycles. The molecule has 0 saturated heterocycles. The first-order valence-electron chi connectivity index (χ1n) is 13.1. The molecule has 39 heavy (non-hydrogen) atoms. The first-order valence-corrected chi connectivity index (χ1v) is 13.1. The fourth-order valence-electron chi connectivity index (χ4n) is 4.83. The summed E-state index contributed by atoms with van der Waals surface area (Å²) >= 11 is 0. The van der Waals surface area contributed by atoms with Crippen LogP contribution in [0.15, 0.2) is 71.3 Å². The molecular formula is C29H32F3N3O4. The number of furan rings is 1. The van der Waals surface area contributed by atoms with Crippen LogP contribution in [0.5, 0.6) is 5.75 Å². The smallest absolute Gasteiger partial charge is 0.459 e. The average Bonchev–Trinajstić information content (AvgIpc) is 3.42. The molecule has 7 nitrogen and oxygen atoms in total. The molecule has 0 bridgehead atoms. The van der Waals surface area contributed by atoms with Gasteiger partial charge in [0.05, 0.1) is 6.26 Å². The van der Waals surface area contributed by atoms with Crippen LogP contribution in [0.25, 0.3) is 11.1 Å². The second-order valence-corrected chi connectivity index (χ2v) is 9.59. The molecule has 3 aromatic rings. The molecule has 0 radical (unpaired) electrons. The quantitative estimate of drug-likeness (QED) is 0.253. The summed E-state index contributed by atoms with van der Waals surface area (Å²) in [6.07, 6.45) is 2.69. The van der Waals surface area contributed by atoms with E-state index in [4.69, 9.17) is 4.42 Å². The first-order chi connectivity index (χ1) is 18.8. The van der Waals surface area contributed by atoms with Gasteiger partial charge in [0.1, 0.15) is 11.8 Å². The second kappa shape index (κ2) is 13.2. The number of ether oxygens (including phenoxy) is 1. The minimum absolute atomic E-state index is 0.155. The van der Waals surface area contributed by atoms with E-state index in [2.05, 4.69) is 20.7 Å². The number of anilines is 1. The molecular weight excluding hydrogens is 511 g/mol. The van der Waals surface area contributed by atoms with Crippen LogP contribution >= 0.6 is 0 Å². The van der Waals surface area contributed by atoms with Crippen molar-refractivity contribution < 1.29 is 31.9 Å². The minimum atomic E-state index is -4.75. The maximum atomic E-state index is 13.2. The Kier molecular flexibility index (Phi) is 9.51. The van der Waals surface area contributed by atoms with E-state index in [0.29, 0.717) is 30.1 Å². The van der Waals surface area contributed by atoms with E-state index in [0.717, 1.165) is 31.2 Å². The molecule has 2 amide bonds. The van der Waals surface area contributed by atoms with Crippen molar-refractivity contribution in [2.24, 2.45) is 5.92 Å². The van der Waals surface area contributed by atoms with Crippen molar-refractivity contribution in [3.63, 3.8) is 0 Å². The number of carbonyl (C=O) groups excluding carboxylic acids is 2. The van der Waals surface area contributed by atoms with Crippen molar-refractivity contribution in [2.75, 3.05) is 18.4 Å². The fraction of sp³-hybridized carbons (Fsp3) is 0.379. The molecule has 0 aliphatic heterocycles. The lowest BCUT2D eigenvalue weighted by atomic mass is 9.84. The van der Waals surface area contributed by atoms with Gasteiger partial charge in [0.25, 0.3) is 5.91 Å². The van der Waals surface area contributed by atoms with E-state index < -0.39 is 18.3 Å². The monoisotopic (exact) mass is 543 g/mol. The minimum Gasteiger partial charge on any atom is -0.459 e. The van der Waals surface area contributed by atoms with E-state index in [9.17, 15) is 22.8 Å². The predicted molar refractivity (Wildman–Crippen MR) is 141 cm³/mol. The third kappa shape index (κ3) is 8.53. The van der Waals surface area contributed by atoms with Crippen molar-refractivity contribution in [3.05, 3.63) is 72.7 Å². The summed E-state index contributed by atoms with van der Waals surface area (Å²) in [5.74, 6) is -0.556. The van der Waals surface area contributed by atoms with Gasteiger partial charge < -0.3 is 25.1 Å². The SMILES string of the molecule is O=C(N[C@@H](CC1CCCCC1)C(=O)NCCNc1ccc(OC(F)(F)F)cc1)c1occc1-c1ccccc1. The van der Waals surface area contributed by atoms with Crippen LogP contribution in [0, 0.1) is 5.92 Å². The van der Waals surface area contributed by atoms with Gasteiger partial charge in [-0.2, -0.15) is 0 Å². The molecule has 1 saturated carbocycles. The Morgan fingerprint density at radius 3 is 2.36 bits per heavy atom. The molecule has 0 spiro atoms. The van der Waals surface area contributed by atoms with Gasteiger partial charge >= 0.3 is 6.36 Å². The number of nitrogens with one attached hydrogen (secondary N) is 3. The number of rotatable bonds is 11. The van der Waals surface area contributed by atoms with Gasteiger partial charge in [-0.1, -0.05) is 62.4 Å². The number of benzene rings is 2. The Morgan fingerprint density at radius 1 is 0.949 bits per heavy atom. The normalized spacial score (nSPS) is 14.8. The molecule has 10 heteroatoms. The average molecular weight is 544 g/mol.